The van der Waals surface area contributed by atoms with Crippen LogP contribution in [0.5, 0.6) is 0 Å². The topological polar surface area (TPSA) is 68.3 Å². The first-order valence-corrected chi connectivity index (χ1v) is 6.90. The Hall–Kier alpha value is -1.24. The minimum Gasteiger partial charge on any atom is -0.381 e. The van der Waals surface area contributed by atoms with E-state index < -0.39 is 0 Å². The Labute approximate surface area is 112 Å². The van der Waals surface area contributed by atoms with Gasteiger partial charge in [-0.3, -0.25) is 0 Å². The molecule has 0 radical (unpaired) electrons. The molecule has 1 aromatic rings. The van der Waals surface area contributed by atoms with E-state index >= 15 is 0 Å². The molecular weight excluding hydrogens is 244 g/mol. The monoisotopic (exact) mass is 264 g/mol. The SMILES string of the molecule is c1cc(NC2CCOCC2)nc(C2COCCN2)n1. The third-order valence-corrected chi connectivity index (χ3v) is 3.48. The molecule has 3 heterocycles. The van der Waals surface area contributed by atoms with Gasteiger partial charge in [-0.15, -0.1) is 0 Å². The maximum absolute atomic E-state index is 5.45. The number of hydrogen-bond acceptors (Lipinski definition) is 6. The predicted octanol–water partition coefficient (Wildman–Crippen LogP) is 0.728. The van der Waals surface area contributed by atoms with E-state index in [2.05, 4.69) is 20.6 Å². The highest BCUT2D eigenvalue weighted by molar-refractivity contribution is 5.34. The average Bonchev–Trinajstić information content (AvgIpc) is 2.49. The Morgan fingerprint density at radius 1 is 1.21 bits per heavy atom. The van der Waals surface area contributed by atoms with E-state index in [-0.39, 0.29) is 6.04 Å². The summed E-state index contributed by atoms with van der Waals surface area (Å²) in [6, 6.07) is 2.47. The molecule has 0 spiro atoms. The number of nitrogens with one attached hydrogen (secondary N) is 2. The van der Waals surface area contributed by atoms with Crippen molar-refractivity contribution >= 4 is 5.82 Å². The molecule has 2 N–H and O–H groups in total. The summed E-state index contributed by atoms with van der Waals surface area (Å²) in [5.74, 6) is 1.70. The molecule has 3 rings (SSSR count). The van der Waals surface area contributed by atoms with Crippen molar-refractivity contribution in [3.63, 3.8) is 0 Å². The summed E-state index contributed by atoms with van der Waals surface area (Å²) in [6.45, 7) is 3.91. The van der Waals surface area contributed by atoms with Crippen molar-refractivity contribution in [2.75, 3.05) is 38.3 Å². The molecule has 104 valence electrons. The number of ether oxygens (including phenoxy) is 2. The fourth-order valence-electron chi connectivity index (χ4n) is 2.40. The van der Waals surface area contributed by atoms with E-state index in [1.54, 1.807) is 6.20 Å². The van der Waals surface area contributed by atoms with Crippen LogP contribution < -0.4 is 10.6 Å². The summed E-state index contributed by atoms with van der Waals surface area (Å²) in [4.78, 5) is 8.92. The van der Waals surface area contributed by atoms with Gasteiger partial charge in [0.25, 0.3) is 0 Å². The lowest BCUT2D eigenvalue weighted by Crippen LogP contribution is -2.36. The molecule has 19 heavy (non-hydrogen) atoms. The number of nitrogens with zero attached hydrogens (tertiary/aromatic N) is 2. The minimum absolute atomic E-state index is 0.102. The van der Waals surface area contributed by atoms with Crippen LogP contribution in [0.2, 0.25) is 0 Å². The third kappa shape index (κ3) is 3.40. The number of rotatable bonds is 3. The second-order valence-electron chi connectivity index (χ2n) is 4.91. The fourth-order valence-corrected chi connectivity index (χ4v) is 2.40. The summed E-state index contributed by atoms with van der Waals surface area (Å²) in [5, 5.41) is 6.83. The van der Waals surface area contributed by atoms with Crippen molar-refractivity contribution in [3.05, 3.63) is 18.1 Å². The van der Waals surface area contributed by atoms with Gasteiger partial charge in [-0.05, 0) is 18.9 Å². The zero-order valence-electron chi connectivity index (χ0n) is 11.0. The number of morpholine rings is 1. The first-order chi connectivity index (χ1) is 9.42. The molecular formula is C13H20N4O2. The van der Waals surface area contributed by atoms with Crippen LogP contribution in [0, 0.1) is 0 Å². The van der Waals surface area contributed by atoms with Crippen molar-refractivity contribution in [2.45, 2.75) is 24.9 Å². The smallest absolute Gasteiger partial charge is 0.149 e. The summed E-state index contributed by atoms with van der Waals surface area (Å²) in [6.07, 6.45) is 3.87. The normalized spacial score (nSPS) is 25.2. The molecule has 2 fully saturated rings. The van der Waals surface area contributed by atoms with Crippen molar-refractivity contribution in [1.29, 1.82) is 0 Å². The fraction of sp³-hybridized carbons (Fsp3) is 0.692. The lowest BCUT2D eigenvalue weighted by Gasteiger charge is -2.25. The van der Waals surface area contributed by atoms with E-state index in [4.69, 9.17) is 9.47 Å². The van der Waals surface area contributed by atoms with Crippen LogP contribution in [0.4, 0.5) is 5.82 Å². The Morgan fingerprint density at radius 3 is 2.89 bits per heavy atom. The number of hydrogen-bond donors (Lipinski definition) is 2. The molecule has 6 nitrogen and oxygen atoms in total. The molecule has 2 aliphatic rings. The second-order valence-corrected chi connectivity index (χ2v) is 4.91. The lowest BCUT2D eigenvalue weighted by atomic mass is 10.1. The van der Waals surface area contributed by atoms with Crippen LogP contribution in [-0.4, -0.2) is 49.0 Å². The van der Waals surface area contributed by atoms with Gasteiger partial charge < -0.3 is 20.1 Å². The highest BCUT2D eigenvalue weighted by Crippen LogP contribution is 2.16. The van der Waals surface area contributed by atoms with Gasteiger partial charge in [-0.1, -0.05) is 0 Å². The average molecular weight is 264 g/mol. The summed E-state index contributed by atoms with van der Waals surface area (Å²) in [7, 11) is 0. The molecule has 6 heteroatoms. The molecule has 2 aliphatic heterocycles. The number of aromatic nitrogens is 2. The van der Waals surface area contributed by atoms with Gasteiger partial charge in [0.15, 0.2) is 0 Å². The van der Waals surface area contributed by atoms with Gasteiger partial charge in [-0.25, -0.2) is 9.97 Å². The van der Waals surface area contributed by atoms with E-state index in [9.17, 15) is 0 Å². The van der Waals surface area contributed by atoms with Crippen molar-refractivity contribution in [1.82, 2.24) is 15.3 Å². The lowest BCUT2D eigenvalue weighted by molar-refractivity contribution is 0.0742. The molecule has 0 aromatic carbocycles. The van der Waals surface area contributed by atoms with Gasteiger partial charge >= 0.3 is 0 Å². The van der Waals surface area contributed by atoms with Crippen LogP contribution in [-0.2, 0) is 9.47 Å². The van der Waals surface area contributed by atoms with Crippen molar-refractivity contribution in [2.24, 2.45) is 0 Å². The van der Waals surface area contributed by atoms with E-state index in [1.165, 1.54) is 0 Å². The molecule has 0 bridgehead atoms. The van der Waals surface area contributed by atoms with Gasteiger partial charge in [0.2, 0.25) is 0 Å². The Balaban J connectivity index is 1.64. The van der Waals surface area contributed by atoms with Gasteiger partial charge in [0, 0.05) is 32.0 Å². The first kappa shape index (κ1) is 12.8. The molecule has 1 aromatic heterocycles. The van der Waals surface area contributed by atoms with E-state index in [1.807, 2.05) is 6.07 Å². The first-order valence-electron chi connectivity index (χ1n) is 6.90. The standard InChI is InChI=1S/C13H20N4O2/c1-4-15-13(11-9-19-8-5-14-11)17-12(1)16-10-2-6-18-7-3-10/h1,4,10-11,14H,2-3,5-9H2,(H,15,16,17). The van der Waals surface area contributed by atoms with E-state index in [0.717, 1.165) is 50.8 Å². The Morgan fingerprint density at radius 2 is 2.11 bits per heavy atom. The van der Waals surface area contributed by atoms with Gasteiger partial charge in [0.05, 0.1) is 19.3 Å². The van der Waals surface area contributed by atoms with Crippen LogP contribution >= 0.6 is 0 Å². The largest absolute Gasteiger partial charge is 0.381 e. The zero-order valence-corrected chi connectivity index (χ0v) is 11.0. The molecule has 0 saturated carbocycles. The maximum atomic E-state index is 5.45. The molecule has 1 atom stereocenters. The van der Waals surface area contributed by atoms with Crippen LogP contribution in [0.15, 0.2) is 12.3 Å². The van der Waals surface area contributed by atoms with Crippen molar-refractivity contribution < 1.29 is 9.47 Å². The Kier molecular flexibility index (Phi) is 4.22. The van der Waals surface area contributed by atoms with Crippen LogP contribution in [0.1, 0.15) is 24.7 Å². The number of anilines is 1. The highest BCUT2D eigenvalue weighted by atomic mass is 16.5. The zero-order chi connectivity index (χ0) is 12.9. The molecule has 1 unspecified atom stereocenters. The van der Waals surface area contributed by atoms with Gasteiger partial charge in [-0.2, -0.15) is 0 Å². The third-order valence-electron chi connectivity index (χ3n) is 3.48. The summed E-state index contributed by atoms with van der Waals surface area (Å²) in [5.41, 5.74) is 0. The summed E-state index contributed by atoms with van der Waals surface area (Å²) < 4.78 is 10.8. The van der Waals surface area contributed by atoms with Crippen LogP contribution in [0.25, 0.3) is 0 Å². The Bertz CT molecular complexity index is 403. The molecule has 0 amide bonds. The van der Waals surface area contributed by atoms with Gasteiger partial charge in [0.1, 0.15) is 11.6 Å². The maximum Gasteiger partial charge on any atom is 0.149 e. The summed E-state index contributed by atoms with van der Waals surface area (Å²) >= 11 is 0. The quantitative estimate of drug-likeness (QED) is 0.839. The van der Waals surface area contributed by atoms with Crippen LogP contribution in [0.3, 0.4) is 0 Å². The molecule has 2 saturated heterocycles. The van der Waals surface area contributed by atoms with Crippen molar-refractivity contribution in [3.8, 4) is 0 Å². The predicted molar refractivity (Wildman–Crippen MR) is 71.1 cm³/mol. The minimum atomic E-state index is 0.102. The van der Waals surface area contributed by atoms with E-state index in [0.29, 0.717) is 12.6 Å². The molecule has 0 aliphatic carbocycles. The second kappa shape index (κ2) is 6.27. The highest BCUT2D eigenvalue weighted by Gasteiger charge is 2.19.